The molecule has 2 N–H and O–H groups in total. The van der Waals surface area contributed by atoms with Gasteiger partial charge in [-0.25, -0.2) is 4.98 Å². The van der Waals surface area contributed by atoms with Crippen LogP contribution >= 0.6 is 0 Å². The van der Waals surface area contributed by atoms with Crippen molar-refractivity contribution in [2.45, 2.75) is 72.1 Å². The zero-order valence-electron chi connectivity index (χ0n) is 16.6. The van der Waals surface area contributed by atoms with E-state index < -0.39 is 0 Å². The van der Waals surface area contributed by atoms with Crippen molar-refractivity contribution in [1.82, 2.24) is 15.3 Å². The molecule has 0 aromatic carbocycles. The third kappa shape index (κ3) is 5.58. The summed E-state index contributed by atoms with van der Waals surface area (Å²) in [6.07, 6.45) is 10.8. The molecule has 1 aliphatic carbocycles. The van der Waals surface area contributed by atoms with E-state index in [0.717, 1.165) is 11.0 Å². The maximum Gasteiger partial charge on any atom is 0.220 e. The highest BCUT2D eigenvalue weighted by atomic mass is 16.1. The molecule has 25 heavy (non-hydrogen) atoms. The molecule has 4 heteroatoms. The Morgan fingerprint density at radius 3 is 2.56 bits per heavy atom. The molecule has 2 aromatic rings. The predicted octanol–water partition coefficient (Wildman–Crippen LogP) is 5.42. The molecule has 2 heterocycles. The standard InChI is InChI=1S/C17H23N3O.2C2H6/c1-18-16(21)10-14(12-6-3-2-4-7-12)15-11-20-17-13(15)8-5-9-19-17;2*1-2/h5,8-9,11-12,14H,2-4,6-7,10H2,1H3,(H,18,21)(H,19,20);2*1-2H3. The Morgan fingerprint density at radius 1 is 1.24 bits per heavy atom. The Balaban J connectivity index is 0.000000730. The minimum Gasteiger partial charge on any atom is -0.359 e. The molecule has 0 spiro atoms. The second-order valence-electron chi connectivity index (χ2n) is 6.03. The number of nitrogens with zero attached hydrogens (tertiary/aromatic N) is 1. The molecule has 2 aromatic heterocycles. The number of aromatic amines is 1. The van der Waals surface area contributed by atoms with Crippen molar-refractivity contribution < 1.29 is 4.79 Å². The highest BCUT2D eigenvalue weighted by Crippen LogP contribution is 2.40. The topological polar surface area (TPSA) is 57.8 Å². The van der Waals surface area contributed by atoms with Crippen LogP contribution in [0.5, 0.6) is 0 Å². The second-order valence-corrected chi connectivity index (χ2v) is 6.03. The van der Waals surface area contributed by atoms with E-state index in [1.54, 1.807) is 13.2 Å². The van der Waals surface area contributed by atoms with E-state index in [1.165, 1.54) is 37.7 Å². The average Bonchev–Trinajstić information content (AvgIpc) is 3.13. The fourth-order valence-corrected chi connectivity index (χ4v) is 3.65. The molecule has 1 amide bonds. The Hall–Kier alpha value is -1.84. The summed E-state index contributed by atoms with van der Waals surface area (Å²) in [5, 5.41) is 3.94. The quantitative estimate of drug-likeness (QED) is 0.778. The van der Waals surface area contributed by atoms with Crippen LogP contribution in [0.2, 0.25) is 0 Å². The smallest absolute Gasteiger partial charge is 0.220 e. The molecule has 1 unspecified atom stereocenters. The largest absolute Gasteiger partial charge is 0.359 e. The highest BCUT2D eigenvalue weighted by molar-refractivity contribution is 5.82. The number of nitrogens with one attached hydrogen (secondary N) is 2. The molecule has 140 valence electrons. The van der Waals surface area contributed by atoms with E-state index >= 15 is 0 Å². The molecule has 3 rings (SSSR count). The van der Waals surface area contributed by atoms with Gasteiger partial charge < -0.3 is 10.3 Å². The first kappa shape index (κ1) is 21.2. The molecule has 1 fully saturated rings. The average molecular weight is 346 g/mol. The number of fused-ring (bicyclic) bond motifs is 1. The number of rotatable bonds is 4. The Bertz CT molecular complexity index is 614. The van der Waals surface area contributed by atoms with Crippen molar-refractivity contribution in [2.75, 3.05) is 7.05 Å². The minimum absolute atomic E-state index is 0.129. The third-order valence-corrected chi connectivity index (χ3v) is 4.79. The van der Waals surface area contributed by atoms with Gasteiger partial charge in [0.15, 0.2) is 0 Å². The molecule has 0 saturated heterocycles. The van der Waals surface area contributed by atoms with Crippen LogP contribution in [0, 0.1) is 5.92 Å². The summed E-state index contributed by atoms with van der Waals surface area (Å²) in [7, 11) is 1.72. The molecular formula is C21H35N3O. The lowest BCUT2D eigenvalue weighted by atomic mass is 9.75. The van der Waals surface area contributed by atoms with E-state index in [0.29, 0.717) is 18.3 Å². The van der Waals surface area contributed by atoms with Crippen LogP contribution < -0.4 is 5.32 Å². The van der Waals surface area contributed by atoms with Crippen LogP contribution in [0.3, 0.4) is 0 Å². The fourth-order valence-electron chi connectivity index (χ4n) is 3.65. The van der Waals surface area contributed by atoms with Gasteiger partial charge in [-0.15, -0.1) is 0 Å². The van der Waals surface area contributed by atoms with Gasteiger partial charge in [0.05, 0.1) is 0 Å². The van der Waals surface area contributed by atoms with Gasteiger partial charge in [0, 0.05) is 31.2 Å². The zero-order chi connectivity index (χ0) is 18.7. The van der Waals surface area contributed by atoms with Crippen LogP contribution in [0.25, 0.3) is 11.0 Å². The number of hydrogen-bond donors (Lipinski definition) is 2. The normalized spacial score (nSPS) is 15.4. The van der Waals surface area contributed by atoms with Crippen LogP contribution in [0.1, 0.15) is 77.7 Å². The van der Waals surface area contributed by atoms with E-state index in [-0.39, 0.29) is 5.91 Å². The Morgan fingerprint density at radius 2 is 1.92 bits per heavy atom. The summed E-state index contributed by atoms with van der Waals surface area (Å²) in [6, 6.07) is 4.07. The van der Waals surface area contributed by atoms with E-state index in [4.69, 9.17) is 0 Å². The summed E-state index contributed by atoms with van der Waals surface area (Å²) in [4.78, 5) is 19.6. The lowest BCUT2D eigenvalue weighted by Gasteiger charge is -2.29. The van der Waals surface area contributed by atoms with Crippen LogP contribution in [0.4, 0.5) is 0 Å². The monoisotopic (exact) mass is 345 g/mol. The number of hydrogen-bond acceptors (Lipinski definition) is 2. The molecule has 1 atom stereocenters. The lowest BCUT2D eigenvalue weighted by molar-refractivity contribution is -0.121. The van der Waals surface area contributed by atoms with Gasteiger partial charge in [-0.05, 0) is 42.4 Å². The third-order valence-electron chi connectivity index (χ3n) is 4.79. The Labute approximate surface area is 152 Å². The van der Waals surface area contributed by atoms with E-state index in [9.17, 15) is 4.79 Å². The summed E-state index contributed by atoms with van der Waals surface area (Å²) >= 11 is 0. The van der Waals surface area contributed by atoms with Gasteiger partial charge in [0.25, 0.3) is 0 Å². The number of H-pyrrole nitrogens is 1. The van der Waals surface area contributed by atoms with Gasteiger partial charge >= 0.3 is 0 Å². The minimum atomic E-state index is 0.129. The maximum absolute atomic E-state index is 12.0. The fraction of sp³-hybridized carbons (Fsp3) is 0.619. The highest BCUT2D eigenvalue weighted by Gasteiger charge is 2.28. The van der Waals surface area contributed by atoms with Gasteiger partial charge in [0.2, 0.25) is 5.91 Å². The SMILES string of the molecule is CC.CC.CNC(=O)CC(c1c[nH]c2ncccc12)C1CCCCC1. The summed E-state index contributed by atoms with van der Waals surface area (Å²) in [5.41, 5.74) is 2.18. The summed E-state index contributed by atoms with van der Waals surface area (Å²) in [5.74, 6) is 1.03. The molecule has 0 bridgehead atoms. The van der Waals surface area contributed by atoms with Gasteiger partial charge in [-0.3, -0.25) is 4.79 Å². The van der Waals surface area contributed by atoms with Crippen LogP contribution in [0.15, 0.2) is 24.5 Å². The van der Waals surface area contributed by atoms with E-state index in [1.807, 2.05) is 33.8 Å². The lowest BCUT2D eigenvalue weighted by Crippen LogP contribution is -2.25. The van der Waals surface area contributed by atoms with Crippen molar-refractivity contribution in [3.8, 4) is 0 Å². The van der Waals surface area contributed by atoms with Crippen LogP contribution in [-0.4, -0.2) is 22.9 Å². The number of pyridine rings is 1. The second kappa shape index (κ2) is 11.7. The van der Waals surface area contributed by atoms with Crippen molar-refractivity contribution in [1.29, 1.82) is 0 Å². The van der Waals surface area contributed by atoms with Gasteiger partial charge in [-0.2, -0.15) is 0 Å². The van der Waals surface area contributed by atoms with Gasteiger partial charge in [-0.1, -0.05) is 47.0 Å². The Kier molecular flexibility index (Phi) is 9.90. The number of carbonyl (C=O) groups excluding carboxylic acids is 1. The van der Waals surface area contributed by atoms with Gasteiger partial charge in [0.1, 0.15) is 5.65 Å². The molecule has 4 nitrogen and oxygen atoms in total. The first-order valence-electron chi connectivity index (χ1n) is 9.92. The van der Waals surface area contributed by atoms with Crippen molar-refractivity contribution in [2.24, 2.45) is 5.92 Å². The van der Waals surface area contributed by atoms with Crippen molar-refractivity contribution in [3.63, 3.8) is 0 Å². The first-order chi connectivity index (χ1) is 12.3. The number of amides is 1. The summed E-state index contributed by atoms with van der Waals surface area (Å²) in [6.45, 7) is 8.00. The predicted molar refractivity (Wildman–Crippen MR) is 107 cm³/mol. The molecule has 1 aliphatic rings. The molecular weight excluding hydrogens is 310 g/mol. The summed E-state index contributed by atoms with van der Waals surface area (Å²) < 4.78 is 0. The molecule has 1 saturated carbocycles. The first-order valence-corrected chi connectivity index (χ1v) is 9.92. The van der Waals surface area contributed by atoms with Crippen LogP contribution in [-0.2, 0) is 4.79 Å². The zero-order valence-corrected chi connectivity index (χ0v) is 16.6. The molecule has 0 radical (unpaired) electrons. The number of aromatic nitrogens is 2. The number of carbonyl (C=O) groups is 1. The van der Waals surface area contributed by atoms with Crippen molar-refractivity contribution in [3.05, 3.63) is 30.1 Å². The maximum atomic E-state index is 12.0. The van der Waals surface area contributed by atoms with E-state index in [2.05, 4.69) is 27.5 Å². The molecule has 0 aliphatic heterocycles. The van der Waals surface area contributed by atoms with Crippen molar-refractivity contribution >= 4 is 16.9 Å².